The van der Waals surface area contributed by atoms with Crippen molar-refractivity contribution in [3.63, 3.8) is 0 Å². The van der Waals surface area contributed by atoms with Crippen LogP contribution in [0.3, 0.4) is 0 Å². The molecule has 1 rings (SSSR count). The Hall–Kier alpha value is -0.410. The summed E-state index contributed by atoms with van der Waals surface area (Å²) in [6.07, 6.45) is 6.50. The van der Waals surface area contributed by atoms with E-state index >= 15 is 0 Å². The summed E-state index contributed by atoms with van der Waals surface area (Å²) in [7, 11) is 1.62. The summed E-state index contributed by atoms with van der Waals surface area (Å²) in [5.74, 6) is 0.418. The second-order valence-corrected chi connectivity index (χ2v) is 3.56. The van der Waals surface area contributed by atoms with Gasteiger partial charge >= 0.3 is 0 Å². The van der Waals surface area contributed by atoms with Gasteiger partial charge in [-0.25, -0.2) is 0 Å². The molecule has 0 amide bonds. The van der Waals surface area contributed by atoms with E-state index in [0.29, 0.717) is 19.1 Å². The summed E-state index contributed by atoms with van der Waals surface area (Å²) in [5, 5.41) is 0. The van der Waals surface area contributed by atoms with Gasteiger partial charge in [0.15, 0.2) is 0 Å². The minimum Gasteiger partial charge on any atom is -0.359 e. The van der Waals surface area contributed by atoms with Crippen LogP contribution in [-0.4, -0.2) is 26.3 Å². The summed E-state index contributed by atoms with van der Waals surface area (Å²) in [6.45, 7) is 0.347. The highest BCUT2D eigenvalue weighted by Crippen LogP contribution is 2.28. The van der Waals surface area contributed by atoms with E-state index in [4.69, 9.17) is 9.47 Å². The van der Waals surface area contributed by atoms with Crippen LogP contribution in [0.5, 0.6) is 0 Å². The number of rotatable bonds is 5. The molecule has 76 valence electrons. The van der Waals surface area contributed by atoms with Gasteiger partial charge in [-0.3, -0.25) is 0 Å². The maximum absolute atomic E-state index is 10.4. The largest absolute Gasteiger partial charge is 0.359 e. The second-order valence-electron chi connectivity index (χ2n) is 3.56. The third-order valence-corrected chi connectivity index (χ3v) is 2.64. The molecule has 0 spiro atoms. The van der Waals surface area contributed by atoms with Crippen molar-refractivity contribution in [3.8, 4) is 0 Å². The van der Waals surface area contributed by atoms with Crippen molar-refractivity contribution in [2.45, 2.75) is 38.2 Å². The van der Waals surface area contributed by atoms with Crippen LogP contribution in [-0.2, 0) is 14.3 Å². The molecule has 3 nitrogen and oxygen atoms in total. The molecule has 1 fully saturated rings. The lowest BCUT2D eigenvalue weighted by Crippen LogP contribution is -2.28. The van der Waals surface area contributed by atoms with Crippen molar-refractivity contribution in [2.75, 3.05) is 13.9 Å². The van der Waals surface area contributed by atoms with Gasteiger partial charge in [-0.05, 0) is 18.8 Å². The summed E-state index contributed by atoms with van der Waals surface area (Å²) in [5.41, 5.74) is 0. The lowest BCUT2D eigenvalue weighted by atomic mass is 9.85. The fraction of sp³-hybridized carbons (Fsp3) is 0.900. The Labute approximate surface area is 79.4 Å². The van der Waals surface area contributed by atoms with Crippen molar-refractivity contribution in [1.82, 2.24) is 0 Å². The SMILES string of the molecule is COCO[C@@H]1CCCC[C@H]1CC=O. The summed E-state index contributed by atoms with van der Waals surface area (Å²) in [6, 6.07) is 0. The van der Waals surface area contributed by atoms with Crippen LogP contribution in [0.25, 0.3) is 0 Å². The summed E-state index contributed by atoms with van der Waals surface area (Å²) >= 11 is 0. The molecule has 0 bridgehead atoms. The highest BCUT2D eigenvalue weighted by molar-refractivity contribution is 5.49. The third-order valence-electron chi connectivity index (χ3n) is 2.64. The van der Waals surface area contributed by atoms with Crippen LogP contribution in [0, 0.1) is 5.92 Å². The second kappa shape index (κ2) is 6.11. The van der Waals surface area contributed by atoms with E-state index in [9.17, 15) is 4.79 Å². The zero-order valence-corrected chi connectivity index (χ0v) is 8.20. The highest BCUT2D eigenvalue weighted by Gasteiger charge is 2.25. The molecule has 0 unspecified atom stereocenters. The van der Waals surface area contributed by atoms with E-state index in [0.717, 1.165) is 19.1 Å². The minimum atomic E-state index is 0.235. The number of carbonyl (C=O) groups is 1. The fourth-order valence-electron chi connectivity index (χ4n) is 1.94. The number of methoxy groups -OCH3 is 1. The van der Waals surface area contributed by atoms with Gasteiger partial charge in [-0.1, -0.05) is 12.8 Å². The zero-order valence-electron chi connectivity index (χ0n) is 8.20. The Kier molecular flexibility index (Phi) is 5.01. The molecule has 3 heteroatoms. The first-order chi connectivity index (χ1) is 6.38. The minimum absolute atomic E-state index is 0.235. The van der Waals surface area contributed by atoms with Crippen molar-refractivity contribution >= 4 is 6.29 Å². The van der Waals surface area contributed by atoms with Crippen molar-refractivity contribution < 1.29 is 14.3 Å². The smallest absolute Gasteiger partial charge is 0.146 e. The Morgan fingerprint density at radius 3 is 2.85 bits per heavy atom. The molecule has 0 aromatic carbocycles. The molecule has 1 saturated carbocycles. The Balaban J connectivity index is 2.32. The first-order valence-corrected chi connectivity index (χ1v) is 4.92. The van der Waals surface area contributed by atoms with Crippen LogP contribution in [0.1, 0.15) is 32.1 Å². The molecule has 0 heterocycles. The maximum Gasteiger partial charge on any atom is 0.146 e. The van der Waals surface area contributed by atoms with E-state index in [1.807, 2.05) is 0 Å². The third kappa shape index (κ3) is 3.44. The van der Waals surface area contributed by atoms with Crippen LogP contribution < -0.4 is 0 Å². The van der Waals surface area contributed by atoms with Gasteiger partial charge < -0.3 is 14.3 Å². The van der Waals surface area contributed by atoms with Gasteiger partial charge in [0.1, 0.15) is 13.1 Å². The topological polar surface area (TPSA) is 35.5 Å². The molecule has 1 aliphatic rings. The van der Waals surface area contributed by atoms with Crippen LogP contribution in [0.4, 0.5) is 0 Å². The van der Waals surface area contributed by atoms with Crippen molar-refractivity contribution in [1.29, 1.82) is 0 Å². The standard InChI is InChI=1S/C10H18O3/c1-12-8-13-10-5-3-2-4-9(10)6-7-11/h7,9-10H,2-6,8H2,1H3/t9-,10+/m0/s1. The van der Waals surface area contributed by atoms with Gasteiger partial charge in [-0.2, -0.15) is 0 Å². The molecule has 0 aromatic heterocycles. The zero-order chi connectivity index (χ0) is 9.52. The van der Waals surface area contributed by atoms with E-state index in [1.165, 1.54) is 12.8 Å². The van der Waals surface area contributed by atoms with Gasteiger partial charge in [0.25, 0.3) is 0 Å². The number of hydrogen-bond donors (Lipinski definition) is 0. The molecule has 1 aliphatic carbocycles. The molecule has 0 aromatic rings. The maximum atomic E-state index is 10.4. The highest BCUT2D eigenvalue weighted by atomic mass is 16.7. The number of ether oxygens (including phenoxy) is 2. The normalized spacial score (nSPS) is 28.7. The average Bonchev–Trinajstić information content (AvgIpc) is 2.17. The fourth-order valence-corrected chi connectivity index (χ4v) is 1.94. The number of aldehydes is 1. The molecular formula is C10H18O3. The quantitative estimate of drug-likeness (QED) is 0.484. The molecule has 0 saturated heterocycles. The molecule has 13 heavy (non-hydrogen) atoms. The Bertz CT molecular complexity index is 147. The van der Waals surface area contributed by atoms with Crippen LogP contribution >= 0.6 is 0 Å². The van der Waals surface area contributed by atoms with Crippen LogP contribution in [0.15, 0.2) is 0 Å². The lowest BCUT2D eigenvalue weighted by molar-refractivity contribution is -0.118. The van der Waals surface area contributed by atoms with Crippen molar-refractivity contribution in [3.05, 3.63) is 0 Å². The lowest BCUT2D eigenvalue weighted by Gasteiger charge is -2.29. The predicted molar refractivity (Wildman–Crippen MR) is 49.4 cm³/mol. The predicted octanol–water partition coefficient (Wildman–Crippen LogP) is 1.75. The summed E-state index contributed by atoms with van der Waals surface area (Å²) < 4.78 is 10.4. The molecule has 0 radical (unpaired) electrons. The van der Waals surface area contributed by atoms with Gasteiger partial charge in [0.2, 0.25) is 0 Å². The first-order valence-electron chi connectivity index (χ1n) is 4.92. The summed E-state index contributed by atoms with van der Waals surface area (Å²) in [4.78, 5) is 10.4. The van der Waals surface area contributed by atoms with Gasteiger partial charge in [-0.15, -0.1) is 0 Å². The van der Waals surface area contributed by atoms with E-state index in [1.54, 1.807) is 7.11 Å². The average molecular weight is 186 g/mol. The van der Waals surface area contributed by atoms with Gasteiger partial charge in [0.05, 0.1) is 6.10 Å². The Morgan fingerprint density at radius 1 is 1.38 bits per heavy atom. The van der Waals surface area contributed by atoms with E-state index in [-0.39, 0.29) is 6.10 Å². The number of carbonyl (C=O) groups excluding carboxylic acids is 1. The first kappa shape index (κ1) is 10.7. The monoisotopic (exact) mass is 186 g/mol. The van der Waals surface area contributed by atoms with E-state index < -0.39 is 0 Å². The van der Waals surface area contributed by atoms with Crippen molar-refractivity contribution in [2.24, 2.45) is 5.92 Å². The molecular weight excluding hydrogens is 168 g/mol. The number of hydrogen-bond acceptors (Lipinski definition) is 3. The molecule has 0 aliphatic heterocycles. The van der Waals surface area contributed by atoms with Crippen LogP contribution in [0.2, 0.25) is 0 Å². The molecule has 0 N–H and O–H groups in total. The Morgan fingerprint density at radius 2 is 2.15 bits per heavy atom. The van der Waals surface area contributed by atoms with Gasteiger partial charge in [0, 0.05) is 13.5 Å². The van der Waals surface area contributed by atoms with E-state index in [2.05, 4.69) is 0 Å². The molecule has 2 atom stereocenters.